The molecule has 1 aromatic carbocycles. The van der Waals surface area contributed by atoms with Crippen molar-refractivity contribution in [2.24, 2.45) is 0 Å². The zero-order valence-corrected chi connectivity index (χ0v) is 16.8. The molecule has 0 spiro atoms. The van der Waals surface area contributed by atoms with Gasteiger partial charge in [0.15, 0.2) is 0 Å². The lowest BCUT2D eigenvalue weighted by atomic mass is 9.92. The Morgan fingerprint density at radius 1 is 1.21 bits per heavy atom. The number of carbonyl (C=O) groups excluding carboxylic acids is 1. The molecular weight excluding hydrogens is 352 g/mol. The number of rotatable bonds is 4. The number of aryl methyl sites for hydroxylation is 2. The van der Waals surface area contributed by atoms with Crippen molar-refractivity contribution >= 4 is 5.91 Å². The van der Waals surface area contributed by atoms with Crippen LogP contribution in [0, 0.1) is 13.8 Å². The van der Waals surface area contributed by atoms with Crippen molar-refractivity contribution in [3.8, 4) is 5.69 Å². The summed E-state index contributed by atoms with van der Waals surface area (Å²) in [6.07, 6.45) is 6.20. The number of benzene rings is 1. The standard InChI is InChI=1S/C22H30N4O2/c1-15-6-7-17(12-16(15)2)26-21-5-3-4-20(19(21)13-23-26)24-22(28)14-25-10-8-18(27)9-11-25/h6-7,12-13,18,20,27H,3-5,8-11,14H2,1-2H3,(H,24,28). The number of aliphatic hydroxyl groups is 1. The Bertz CT molecular complexity index is 852. The summed E-state index contributed by atoms with van der Waals surface area (Å²) < 4.78 is 2.03. The molecule has 4 rings (SSSR count). The maximum Gasteiger partial charge on any atom is 0.234 e. The van der Waals surface area contributed by atoms with Gasteiger partial charge in [-0.1, -0.05) is 6.07 Å². The number of aliphatic hydroxyl groups excluding tert-OH is 1. The number of nitrogens with one attached hydrogen (secondary N) is 1. The molecule has 6 heteroatoms. The van der Waals surface area contributed by atoms with Crippen LogP contribution >= 0.6 is 0 Å². The van der Waals surface area contributed by atoms with Gasteiger partial charge in [-0.3, -0.25) is 9.69 Å². The maximum absolute atomic E-state index is 12.6. The van der Waals surface area contributed by atoms with E-state index in [9.17, 15) is 9.90 Å². The van der Waals surface area contributed by atoms with Gasteiger partial charge in [0.25, 0.3) is 0 Å². The third-order valence-electron chi connectivity index (χ3n) is 6.18. The first-order valence-corrected chi connectivity index (χ1v) is 10.4. The van der Waals surface area contributed by atoms with Crippen molar-refractivity contribution in [2.75, 3.05) is 19.6 Å². The molecule has 2 N–H and O–H groups in total. The van der Waals surface area contributed by atoms with Gasteiger partial charge in [-0.2, -0.15) is 5.10 Å². The molecule has 1 aliphatic heterocycles. The van der Waals surface area contributed by atoms with E-state index in [-0.39, 0.29) is 18.1 Å². The number of fused-ring (bicyclic) bond motifs is 1. The predicted octanol–water partition coefficient (Wildman–Crippen LogP) is 2.44. The SMILES string of the molecule is Cc1ccc(-n2ncc3c2CCCC3NC(=O)CN2CCC(O)CC2)cc1C. The molecule has 150 valence electrons. The average Bonchev–Trinajstić information content (AvgIpc) is 3.11. The van der Waals surface area contributed by atoms with Crippen LogP contribution in [0.3, 0.4) is 0 Å². The Morgan fingerprint density at radius 3 is 2.75 bits per heavy atom. The molecule has 1 aromatic heterocycles. The number of piperidine rings is 1. The lowest BCUT2D eigenvalue weighted by Crippen LogP contribution is -2.43. The van der Waals surface area contributed by atoms with Crippen LogP contribution < -0.4 is 5.32 Å². The Balaban J connectivity index is 1.46. The highest BCUT2D eigenvalue weighted by Gasteiger charge is 2.27. The number of amides is 1. The van der Waals surface area contributed by atoms with Gasteiger partial charge in [-0.15, -0.1) is 0 Å². The van der Waals surface area contributed by atoms with Crippen molar-refractivity contribution in [2.45, 2.75) is 58.1 Å². The fraction of sp³-hybridized carbons (Fsp3) is 0.545. The van der Waals surface area contributed by atoms with Crippen molar-refractivity contribution in [3.63, 3.8) is 0 Å². The third-order valence-corrected chi connectivity index (χ3v) is 6.18. The minimum absolute atomic E-state index is 0.0342. The van der Waals surface area contributed by atoms with Crippen LogP contribution in [0.1, 0.15) is 54.1 Å². The number of hydrogen-bond donors (Lipinski definition) is 2. The molecule has 1 atom stereocenters. The summed E-state index contributed by atoms with van der Waals surface area (Å²) in [5.74, 6) is 0.0631. The smallest absolute Gasteiger partial charge is 0.234 e. The Hall–Kier alpha value is -2.18. The van der Waals surface area contributed by atoms with Gasteiger partial charge in [-0.05, 0) is 69.2 Å². The molecule has 2 aliphatic rings. The second-order valence-electron chi connectivity index (χ2n) is 8.25. The topological polar surface area (TPSA) is 70.4 Å². The first kappa shape index (κ1) is 19.2. The summed E-state index contributed by atoms with van der Waals surface area (Å²) in [7, 11) is 0. The zero-order chi connectivity index (χ0) is 19.7. The summed E-state index contributed by atoms with van der Waals surface area (Å²) in [6.45, 7) is 6.22. The summed E-state index contributed by atoms with van der Waals surface area (Å²) in [5.41, 5.74) is 5.98. The van der Waals surface area contributed by atoms with Gasteiger partial charge in [0, 0.05) is 24.3 Å². The van der Waals surface area contributed by atoms with E-state index in [0.29, 0.717) is 6.54 Å². The minimum atomic E-state index is -0.212. The first-order chi connectivity index (χ1) is 13.5. The van der Waals surface area contributed by atoms with Crippen LogP contribution in [0.4, 0.5) is 0 Å². The molecule has 0 radical (unpaired) electrons. The van der Waals surface area contributed by atoms with E-state index in [0.717, 1.165) is 56.4 Å². The van der Waals surface area contributed by atoms with E-state index >= 15 is 0 Å². The summed E-state index contributed by atoms with van der Waals surface area (Å²) in [6, 6.07) is 6.46. The van der Waals surface area contributed by atoms with Crippen LogP contribution in [-0.4, -0.2) is 51.4 Å². The van der Waals surface area contributed by atoms with E-state index in [1.165, 1.54) is 16.8 Å². The molecule has 1 fully saturated rings. The van der Waals surface area contributed by atoms with E-state index in [1.54, 1.807) is 0 Å². The van der Waals surface area contributed by atoms with Gasteiger partial charge in [0.05, 0.1) is 30.6 Å². The van der Waals surface area contributed by atoms with Crippen molar-refractivity contribution < 1.29 is 9.90 Å². The molecule has 0 saturated carbocycles. The van der Waals surface area contributed by atoms with Crippen molar-refractivity contribution in [1.29, 1.82) is 0 Å². The molecule has 2 aromatic rings. The number of likely N-dealkylation sites (tertiary alicyclic amines) is 1. The molecule has 1 amide bonds. The molecule has 6 nitrogen and oxygen atoms in total. The highest BCUT2D eigenvalue weighted by Crippen LogP contribution is 2.31. The minimum Gasteiger partial charge on any atom is -0.393 e. The number of aromatic nitrogens is 2. The summed E-state index contributed by atoms with van der Waals surface area (Å²) in [5, 5.41) is 17.5. The van der Waals surface area contributed by atoms with Gasteiger partial charge in [0.1, 0.15) is 0 Å². The fourth-order valence-corrected chi connectivity index (χ4v) is 4.31. The zero-order valence-electron chi connectivity index (χ0n) is 16.8. The lowest BCUT2D eigenvalue weighted by Gasteiger charge is -2.30. The molecule has 1 saturated heterocycles. The van der Waals surface area contributed by atoms with Gasteiger partial charge >= 0.3 is 0 Å². The molecule has 1 unspecified atom stereocenters. The van der Waals surface area contributed by atoms with Gasteiger partial charge in [0.2, 0.25) is 5.91 Å². The van der Waals surface area contributed by atoms with Crippen LogP contribution in [0.25, 0.3) is 5.69 Å². The molecule has 1 aliphatic carbocycles. The van der Waals surface area contributed by atoms with E-state index in [2.05, 4.69) is 47.4 Å². The van der Waals surface area contributed by atoms with Crippen molar-refractivity contribution in [1.82, 2.24) is 20.0 Å². The van der Waals surface area contributed by atoms with Crippen LogP contribution in [-0.2, 0) is 11.2 Å². The van der Waals surface area contributed by atoms with E-state index < -0.39 is 0 Å². The Kier molecular flexibility index (Phi) is 5.51. The van der Waals surface area contributed by atoms with Crippen LogP contribution in [0.2, 0.25) is 0 Å². The van der Waals surface area contributed by atoms with Gasteiger partial charge < -0.3 is 10.4 Å². The Morgan fingerprint density at radius 2 is 2.00 bits per heavy atom. The Labute approximate surface area is 166 Å². The molecular formula is C22H30N4O2. The summed E-state index contributed by atoms with van der Waals surface area (Å²) >= 11 is 0. The second kappa shape index (κ2) is 8.05. The number of nitrogens with zero attached hydrogens (tertiary/aromatic N) is 3. The van der Waals surface area contributed by atoms with Crippen molar-refractivity contribution in [3.05, 3.63) is 46.8 Å². The third kappa shape index (κ3) is 3.98. The summed E-state index contributed by atoms with van der Waals surface area (Å²) in [4.78, 5) is 14.7. The predicted molar refractivity (Wildman–Crippen MR) is 109 cm³/mol. The monoisotopic (exact) mass is 382 g/mol. The van der Waals surface area contributed by atoms with Gasteiger partial charge in [-0.25, -0.2) is 4.68 Å². The fourth-order valence-electron chi connectivity index (χ4n) is 4.31. The molecule has 0 bridgehead atoms. The highest BCUT2D eigenvalue weighted by atomic mass is 16.3. The number of hydrogen-bond acceptors (Lipinski definition) is 4. The van der Waals surface area contributed by atoms with Crippen LogP contribution in [0.15, 0.2) is 24.4 Å². The second-order valence-corrected chi connectivity index (χ2v) is 8.25. The first-order valence-electron chi connectivity index (χ1n) is 10.4. The normalized spacial score (nSPS) is 20.8. The quantitative estimate of drug-likeness (QED) is 0.852. The average molecular weight is 383 g/mol. The number of carbonyl (C=O) groups is 1. The van der Waals surface area contributed by atoms with E-state index in [1.807, 2.05) is 10.9 Å². The largest absolute Gasteiger partial charge is 0.393 e. The highest BCUT2D eigenvalue weighted by molar-refractivity contribution is 5.78. The lowest BCUT2D eigenvalue weighted by molar-refractivity contribution is -0.123. The van der Waals surface area contributed by atoms with Crippen LogP contribution in [0.5, 0.6) is 0 Å². The maximum atomic E-state index is 12.6. The molecule has 28 heavy (non-hydrogen) atoms. The van der Waals surface area contributed by atoms with E-state index in [4.69, 9.17) is 0 Å². The molecule has 2 heterocycles.